The van der Waals surface area contributed by atoms with E-state index in [0.29, 0.717) is 0 Å². The molecule has 3 aliphatic heterocycles. The summed E-state index contributed by atoms with van der Waals surface area (Å²) < 4.78 is 24.3. The fourth-order valence-electron chi connectivity index (χ4n) is 2.62. The van der Waals surface area contributed by atoms with Crippen molar-refractivity contribution in [1.82, 2.24) is 4.90 Å². The second-order valence-corrected chi connectivity index (χ2v) is 11.2. The average molecular weight is 366 g/mol. The molecule has 106 valence electrons. The van der Waals surface area contributed by atoms with Gasteiger partial charge in [-0.25, -0.2) is 0 Å². The molecule has 0 aromatic heterocycles. The minimum absolute atomic E-state index is 0.0716. The zero-order chi connectivity index (χ0) is 13.3. The molecular weight excluding hydrogens is 341 g/mol. The summed E-state index contributed by atoms with van der Waals surface area (Å²) in [6.07, 6.45) is 0.404. The van der Waals surface area contributed by atoms with Gasteiger partial charge in [-0.3, -0.25) is 0 Å². The molecule has 0 radical (unpaired) electrons. The predicted octanol–water partition coefficient (Wildman–Crippen LogP) is 1.39. The Morgan fingerprint density at radius 2 is 1.33 bits per heavy atom. The van der Waals surface area contributed by atoms with Gasteiger partial charge in [-0.1, -0.05) is 0 Å². The maximum atomic E-state index is 6.10. The van der Waals surface area contributed by atoms with Crippen molar-refractivity contribution in [1.29, 1.82) is 0 Å². The van der Waals surface area contributed by atoms with Crippen LogP contribution in [-0.2, 0) is 12.3 Å². The van der Waals surface area contributed by atoms with Gasteiger partial charge in [-0.15, -0.1) is 0 Å². The van der Waals surface area contributed by atoms with Gasteiger partial charge in [0, 0.05) is 0 Å². The summed E-state index contributed by atoms with van der Waals surface area (Å²) in [5.74, 6) is 0. The molecule has 18 heavy (non-hydrogen) atoms. The summed E-state index contributed by atoms with van der Waals surface area (Å²) in [6, 6.07) is 0. The molecule has 0 amide bonds. The zero-order valence-electron chi connectivity index (χ0n) is 12.0. The fraction of sp³-hybridized carbons (Fsp3) is 1.00. The zero-order valence-corrected chi connectivity index (χ0v) is 14.9. The van der Waals surface area contributed by atoms with Crippen molar-refractivity contribution < 1.29 is 12.3 Å². The number of nitrogens with zero attached hydrogens (tertiary/aromatic N) is 1. The summed E-state index contributed by atoms with van der Waals surface area (Å²) in [5, 5.41) is 0. The molecule has 0 N–H and O–H groups in total. The molecule has 2 bridgehead atoms. The SMILES string of the molecule is CC(C)[O][Sn]12[O]C(C)CN(CC(C)[O]1)CC(C)[O]2. The van der Waals surface area contributed by atoms with Crippen molar-refractivity contribution >= 4 is 20.0 Å². The summed E-state index contributed by atoms with van der Waals surface area (Å²) >= 11 is -3.86. The molecular formula is C12H25NO4Sn. The number of fused-ring (bicyclic) bond motifs is 6. The van der Waals surface area contributed by atoms with Crippen LogP contribution in [0.25, 0.3) is 0 Å². The first kappa shape index (κ1) is 15.0. The Morgan fingerprint density at radius 3 is 1.67 bits per heavy atom. The van der Waals surface area contributed by atoms with Crippen molar-refractivity contribution in [2.45, 2.75) is 59.0 Å². The standard InChI is InChI=1S/C9H18NO3.C3H7O.Sn/c1-7(11)4-10(5-8(2)12)6-9(3)13;1-3(2)4;/h7-9H,4-6H2,1-3H3;3H,1-2H3;/q-3;-1;+4. The molecule has 3 saturated heterocycles. The van der Waals surface area contributed by atoms with E-state index in [9.17, 15) is 0 Å². The van der Waals surface area contributed by atoms with Gasteiger partial charge in [0.15, 0.2) is 0 Å². The van der Waals surface area contributed by atoms with Crippen molar-refractivity contribution in [2.24, 2.45) is 0 Å². The van der Waals surface area contributed by atoms with Crippen LogP contribution in [0.3, 0.4) is 0 Å². The van der Waals surface area contributed by atoms with Crippen LogP contribution in [0.15, 0.2) is 0 Å². The van der Waals surface area contributed by atoms with Gasteiger partial charge >= 0.3 is 116 Å². The molecule has 3 rings (SSSR count). The molecule has 3 unspecified atom stereocenters. The van der Waals surface area contributed by atoms with Gasteiger partial charge in [0.05, 0.1) is 0 Å². The first-order chi connectivity index (χ1) is 8.38. The molecule has 0 spiro atoms. The first-order valence-electron chi connectivity index (χ1n) is 6.82. The molecule has 3 aliphatic rings. The fourth-order valence-corrected chi connectivity index (χ4v) is 10.1. The Hall–Kier alpha value is 0.599. The van der Waals surface area contributed by atoms with Crippen molar-refractivity contribution in [3.8, 4) is 0 Å². The van der Waals surface area contributed by atoms with Crippen LogP contribution in [0, 0.1) is 0 Å². The van der Waals surface area contributed by atoms with E-state index >= 15 is 0 Å². The topological polar surface area (TPSA) is 40.2 Å². The van der Waals surface area contributed by atoms with Gasteiger partial charge in [0.2, 0.25) is 0 Å². The van der Waals surface area contributed by atoms with E-state index in [0.717, 1.165) is 19.6 Å². The van der Waals surface area contributed by atoms with Gasteiger partial charge < -0.3 is 0 Å². The van der Waals surface area contributed by atoms with E-state index in [1.807, 2.05) is 13.8 Å². The Balaban J connectivity index is 2.24. The molecule has 3 fully saturated rings. The Labute approximate surface area is 116 Å². The van der Waals surface area contributed by atoms with Crippen LogP contribution in [-0.4, -0.2) is 69.0 Å². The van der Waals surface area contributed by atoms with E-state index in [2.05, 4.69) is 25.7 Å². The quantitative estimate of drug-likeness (QED) is 0.691. The Morgan fingerprint density at radius 1 is 0.944 bits per heavy atom. The normalized spacial score (nSPS) is 45.7. The van der Waals surface area contributed by atoms with E-state index in [1.54, 1.807) is 0 Å². The van der Waals surface area contributed by atoms with Gasteiger partial charge in [-0.05, 0) is 0 Å². The molecule has 5 nitrogen and oxygen atoms in total. The first-order valence-corrected chi connectivity index (χ1v) is 11.5. The third kappa shape index (κ3) is 3.80. The van der Waals surface area contributed by atoms with E-state index in [1.165, 1.54) is 0 Å². The summed E-state index contributed by atoms with van der Waals surface area (Å²) in [4.78, 5) is 2.35. The predicted molar refractivity (Wildman–Crippen MR) is 70.1 cm³/mol. The van der Waals surface area contributed by atoms with E-state index < -0.39 is 20.0 Å². The van der Waals surface area contributed by atoms with Gasteiger partial charge in [0.1, 0.15) is 0 Å². The van der Waals surface area contributed by atoms with Gasteiger partial charge in [-0.2, -0.15) is 0 Å². The second kappa shape index (κ2) is 5.93. The van der Waals surface area contributed by atoms with Crippen molar-refractivity contribution in [2.75, 3.05) is 19.6 Å². The summed E-state index contributed by atoms with van der Waals surface area (Å²) in [5.41, 5.74) is 0. The molecule has 0 saturated carbocycles. The minimum atomic E-state index is -3.86. The van der Waals surface area contributed by atoms with Crippen LogP contribution in [0.2, 0.25) is 0 Å². The Bertz CT molecular complexity index is 253. The molecule has 0 aliphatic carbocycles. The second-order valence-electron chi connectivity index (χ2n) is 5.67. The summed E-state index contributed by atoms with van der Waals surface area (Å²) in [6.45, 7) is 13.0. The van der Waals surface area contributed by atoms with Gasteiger partial charge in [0.25, 0.3) is 0 Å². The molecule has 0 aromatic rings. The van der Waals surface area contributed by atoms with Crippen LogP contribution in [0.1, 0.15) is 34.6 Å². The number of hydrogen-bond acceptors (Lipinski definition) is 5. The Kier molecular flexibility index (Phi) is 4.94. The van der Waals surface area contributed by atoms with Crippen LogP contribution < -0.4 is 0 Å². The van der Waals surface area contributed by atoms with E-state index in [-0.39, 0.29) is 24.4 Å². The summed E-state index contributed by atoms with van der Waals surface area (Å²) in [7, 11) is 0. The van der Waals surface area contributed by atoms with Crippen molar-refractivity contribution in [3.63, 3.8) is 0 Å². The number of rotatable bonds is 2. The monoisotopic (exact) mass is 367 g/mol. The van der Waals surface area contributed by atoms with E-state index in [4.69, 9.17) is 12.3 Å². The molecule has 0 aromatic carbocycles. The number of hydrogen-bond donors (Lipinski definition) is 0. The average Bonchev–Trinajstić information content (AvgIpc) is 2.09. The third-order valence-corrected chi connectivity index (χ3v) is 11.0. The van der Waals surface area contributed by atoms with Crippen LogP contribution in [0.5, 0.6) is 0 Å². The van der Waals surface area contributed by atoms with Crippen LogP contribution in [0.4, 0.5) is 0 Å². The molecule has 6 heteroatoms. The third-order valence-electron chi connectivity index (χ3n) is 2.96. The van der Waals surface area contributed by atoms with Crippen molar-refractivity contribution in [3.05, 3.63) is 0 Å². The maximum absolute atomic E-state index is 6.10. The molecule has 3 atom stereocenters. The van der Waals surface area contributed by atoms with Crippen LogP contribution >= 0.6 is 0 Å². The molecule has 3 heterocycles.